The zero-order valence-corrected chi connectivity index (χ0v) is 9.76. The molecule has 0 saturated heterocycles. The molecule has 2 nitrogen and oxygen atoms in total. The number of aliphatic hydroxyl groups is 1. The van der Waals surface area contributed by atoms with E-state index in [4.69, 9.17) is 11.2 Å². The average molecular weight is 198 g/mol. The maximum absolute atomic E-state index is 9.59. The Morgan fingerprint density at radius 1 is 1.36 bits per heavy atom. The van der Waals surface area contributed by atoms with Crippen molar-refractivity contribution >= 4 is 0 Å². The minimum absolute atomic E-state index is 0.0787. The molecule has 0 spiro atoms. The van der Waals surface area contributed by atoms with Crippen molar-refractivity contribution in [2.75, 3.05) is 7.11 Å². The largest absolute Gasteiger partial charge is 0.379 e. The minimum atomic E-state index is -0.970. The Labute approximate surface area is 87.7 Å². The highest BCUT2D eigenvalue weighted by Gasteiger charge is 2.23. The van der Waals surface area contributed by atoms with E-state index in [2.05, 4.69) is 19.8 Å². The van der Waals surface area contributed by atoms with Crippen LogP contribution in [0.1, 0.15) is 46.5 Å². The Balaban J connectivity index is 3.91. The molecule has 0 aromatic rings. The molecule has 0 saturated carbocycles. The second-order valence-corrected chi connectivity index (χ2v) is 4.28. The molecule has 0 aromatic carbocycles. The van der Waals surface area contributed by atoms with Gasteiger partial charge in [-0.15, -0.1) is 6.42 Å². The summed E-state index contributed by atoms with van der Waals surface area (Å²) < 4.78 is 5.40. The highest BCUT2D eigenvalue weighted by molar-refractivity contribution is 5.04. The SMILES string of the molecule is C#C[C@@](C)(O)CCC[C@](C)(CC)OC. The van der Waals surface area contributed by atoms with Gasteiger partial charge >= 0.3 is 0 Å². The Bertz CT molecular complexity index is 197. The van der Waals surface area contributed by atoms with E-state index in [-0.39, 0.29) is 5.60 Å². The number of terminal acetylenes is 1. The Morgan fingerprint density at radius 3 is 2.29 bits per heavy atom. The predicted molar refractivity (Wildman–Crippen MR) is 59.0 cm³/mol. The zero-order chi connectivity index (χ0) is 11.2. The maximum atomic E-state index is 9.59. The molecule has 0 fully saturated rings. The van der Waals surface area contributed by atoms with Crippen LogP contribution in [0.2, 0.25) is 0 Å². The maximum Gasteiger partial charge on any atom is 0.122 e. The molecule has 0 heterocycles. The number of methoxy groups -OCH3 is 1. The van der Waals surface area contributed by atoms with Crippen LogP contribution < -0.4 is 0 Å². The Hall–Kier alpha value is -0.520. The van der Waals surface area contributed by atoms with Crippen LogP contribution in [0.25, 0.3) is 0 Å². The monoisotopic (exact) mass is 198 g/mol. The second-order valence-electron chi connectivity index (χ2n) is 4.28. The van der Waals surface area contributed by atoms with Gasteiger partial charge in [0.1, 0.15) is 5.60 Å². The van der Waals surface area contributed by atoms with Gasteiger partial charge in [-0.2, -0.15) is 0 Å². The van der Waals surface area contributed by atoms with Gasteiger partial charge in [0.15, 0.2) is 0 Å². The van der Waals surface area contributed by atoms with Gasteiger partial charge in [-0.3, -0.25) is 0 Å². The fourth-order valence-corrected chi connectivity index (χ4v) is 1.30. The van der Waals surface area contributed by atoms with E-state index in [1.165, 1.54) is 0 Å². The average Bonchev–Trinajstić information content (AvgIpc) is 2.17. The van der Waals surface area contributed by atoms with Gasteiger partial charge in [-0.1, -0.05) is 12.8 Å². The van der Waals surface area contributed by atoms with Crippen LogP contribution >= 0.6 is 0 Å². The van der Waals surface area contributed by atoms with Crippen molar-refractivity contribution in [3.8, 4) is 12.3 Å². The van der Waals surface area contributed by atoms with E-state index in [0.29, 0.717) is 6.42 Å². The predicted octanol–water partition coefficient (Wildman–Crippen LogP) is 2.36. The van der Waals surface area contributed by atoms with Gasteiger partial charge in [0.25, 0.3) is 0 Å². The summed E-state index contributed by atoms with van der Waals surface area (Å²) in [5, 5.41) is 9.59. The third kappa shape index (κ3) is 4.64. The van der Waals surface area contributed by atoms with Gasteiger partial charge in [-0.25, -0.2) is 0 Å². The normalized spacial score (nSPS) is 19.4. The van der Waals surface area contributed by atoms with Crippen LogP contribution in [0.4, 0.5) is 0 Å². The molecule has 14 heavy (non-hydrogen) atoms. The zero-order valence-electron chi connectivity index (χ0n) is 9.76. The molecule has 0 aliphatic carbocycles. The molecular formula is C12H22O2. The van der Waals surface area contributed by atoms with E-state index in [0.717, 1.165) is 19.3 Å². The summed E-state index contributed by atoms with van der Waals surface area (Å²) in [5.74, 6) is 2.38. The lowest BCUT2D eigenvalue weighted by atomic mass is 9.92. The smallest absolute Gasteiger partial charge is 0.122 e. The first-order valence-electron chi connectivity index (χ1n) is 5.14. The number of rotatable bonds is 6. The summed E-state index contributed by atoms with van der Waals surface area (Å²) >= 11 is 0. The topological polar surface area (TPSA) is 29.5 Å². The number of ether oxygens (including phenoxy) is 1. The van der Waals surface area contributed by atoms with Crippen LogP contribution in [-0.4, -0.2) is 23.4 Å². The summed E-state index contributed by atoms with van der Waals surface area (Å²) in [6, 6.07) is 0. The van der Waals surface area contributed by atoms with Crippen molar-refractivity contribution in [3.63, 3.8) is 0 Å². The number of hydrogen-bond donors (Lipinski definition) is 1. The third-order valence-electron chi connectivity index (χ3n) is 2.92. The lowest BCUT2D eigenvalue weighted by Crippen LogP contribution is -2.28. The molecule has 0 aromatic heterocycles. The fourth-order valence-electron chi connectivity index (χ4n) is 1.30. The summed E-state index contributed by atoms with van der Waals surface area (Å²) in [7, 11) is 1.73. The first-order chi connectivity index (χ1) is 6.39. The molecule has 2 heteroatoms. The van der Waals surface area contributed by atoms with Gasteiger partial charge in [-0.05, 0) is 39.5 Å². The van der Waals surface area contributed by atoms with Gasteiger partial charge in [0.05, 0.1) is 5.60 Å². The molecule has 2 atom stereocenters. The molecule has 0 rings (SSSR count). The molecule has 0 aliphatic heterocycles. The van der Waals surface area contributed by atoms with Crippen molar-refractivity contribution in [2.45, 2.75) is 57.7 Å². The van der Waals surface area contributed by atoms with Crippen LogP contribution in [0.5, 0.6) is 0 Å². The molecule has 1 N–H and O–H groups in total. The number of hydrogen-bond acceptors (Lipinski definition) is 2. The van der Waals surface area contributed by atoms with Gasteiger partial charge in [0, 0.05) is 7.11 Å². The van der Waals surface area contributed by atoms with E-state index in [1.54, 1.807) is 14.0 Å². The van der Waals surface area contributed by atoms with Crippen LogP contribution in [0.15, 0.2) is 0 Å². The van der Waals surface area contributed by atoms with Crippen molar-refractivity contribution < 1.29 is 9.84 Å². The van der Waals surface area contributed by atoms with Crippen LogP contribution in [0, 0.1) is 12.3 Å². The first kappa shape index (κ1) is 13.5. The quantitative estimate of drug-likeness (QED) is 0.664. The van der Waals surface area contributed by atoms with Crippen molar-refractivity contribution in [1.82, 2.24) is 0 Å². The van der Waals surface area contributed by atoms with Crippen molar-refractivity contribution in [3.05, 3.63) is 0 Å². The highest BCUT2D eigenvalue weighted by atomic mass is 16.5. The molecule has 0 bridgehead atoms. The molecule has 0 radical (unpaired) electrons. The molecule has 82 valence electrons. The summed E-state index contributed by atoms with van der Waals surface area (Å²) in [4.78, 5) is 0. The van der Waals surface area contributed by atoms with Gasteiger partial charge in [0.2, 0.25) is 0 Å². The minimum Gasteiger partial charge on any atom is -0.379 e. The summed E-state index contributed by atoms with van der Waals surface area (Å²) in [6.07, 6.45) is 8.60. The van der Waals surface area contributed by atoms with Gasteiger partial charge < -0.3 is 9.84 Å². The van der Waals surface area contributed by atoms with Crippen LogP contribution in [-0.2, 0) is 4.74 Å². The van der Waals surface area contributed by atoms with E-state index in [9.17, 15) is 5.11 Å². The Kier molecular flexibility index (Phi) is 5.18. The molecule has 0 aliphatic rings. The fraction of sp³-hybridized carbons (Fsp3) is 0.833. The summed E-state index contributed by atoms with van der Waals surface area (Å²) in [5.41, 5.74) is -1.05. The van der Waals surface area contributed by atoms with E-state index in [1.807, 2.05) is 0 Å². The third-order valence-corrected chi connectivity index (χ3v) is 2.92. The molecule has 0 unspecified atom stereocenters. The first-order valence-corrected chi connectivity index (χ1v) is 5.14. The second kappa shape index (κ2) is 5.38. The summed E-state index contributed by atoms with van der Waals surface area (Å²) in [6.45, 7) is 5.85. The van der Waals surface area contributed by atoms with Crippen molar-refractivity contribution in [1.29, 1.82) is 0 Å². The molecular weight excluding hydrogens is 176 g/mol. The molecule has 0 amide bonds. The van der Waals surface area contributed by atoms with E-state index >= 15 is 0 Å². The van der Waals surface area contributed by atoms with E-state index < -0.39 is 5.60 Å². The lowest BCUT2D eigenvalue weighted by molar-refractivity contribution is -0.0102. The van der Waals surface area contributed by atoms with Crippen molar-refractivity contribution in [2.24, 2.45) is 0 Å². The Morgan fingerprint density at radius 2 is 1.93 bits per heavy atom. The highest BCUT2D eigenvalue weighted by Crippen LogP contribution is 2.23. The lowest BCUT2D eigenvalue weighted by Gasteiger charge is -2.27. The standard InChI is InChI=1S/C12H22O2/c1-6-11(3,13)9-8-10-12(4,7-2)14-5/h1,13H,7-10H2,2-5H3/t11-,12+/m1/s1. The van der Waals surface area contributed by atoms with Crippen LogP contribution in [0.3, 0.4) is 0 Å².